The van der Waals surface area contributed by atoms with Crippen LogP contribution in [0.1, 0.15) is 32.4 Å². The first kappa shape index (κ1) is 20.4. The lowest BCUT2D eigenvalue weighted by Crippen LogP contribution is -2.49. The molecule has 0 fully saturated rings. The second-order valence-electron chi connectivity index (χ2n) is 7.89. The Morgan fingerprint density at radius 2 is 1.46 bits per heavy atom. The Morgan fingerprint density at radius 3 is 1.96 bits per heavy atom. The SMILES string of the molecule is CC(C)(C)[Si](C)(C)O[C@@H](C(=O)Oc1ccccc1)[C@@H](O)c1ccccc1. The van der Waals surface area contributed by atoms with Gasteiger partial charge in [-0.25, -0.2) is 4.79 Å². The fraction of sp³-hybridized carbons (Fsp3) is 0.381. The second kappa shape index (κ2) is 8.16. The highest BCUT2D eigenvalue weighted by atomic mass is 28.4. The molecule has 0 heterocycles. The first-order valence-electron chi connectivity index (χ1n) is 8.79. The van der Waals surface area contributed by atoms with Crippen molar-refractivity contribution >= 4 is 14.3 Å². The lowest BCUT2D eigenvalue weighted by Gasteiger charge is -2.39. The molecule has 2 atom stereocenters. The number of para-hydroxylation sites is 1. The third kappa shape index (κ3) is 5.03. The number of ether oxygens (including phenoxy) is 1. The molecule has 5 heteroatoms. The zero-order valence-corrected chi connectivity index (χ0v) is 17.1. The van der Waals surface area contributed by atoms with Crippen LogP contribution in [0, 0.1) is 0 Å². The van der Waals surface area contributed by atoms with Gasteiger partial charge in [-0.1, -0.05) is 69.3 Å². The Bertz CT molecular complexity index is 708. The molecule has 4 nitrogen and oxygen atoms in total. The summed E-state index contributed by atoms with van der Waals surface area (Å²) in [7, 11) is -2.30. The van der Waals surface area contributed by atoms with Gasteiger partial charge in [0, 0.05) is 0 Å². The molecule has 0 bridgehead atoms. The lowest BCUT2D eigenvalue weighted by molar-refractivity contribution is -0.148. The van der Waals surface area contributed by atoms with E-state index in [0.29, 0.717) is 11.3 Å². The number of aliphatic hydroxyl groups is 1. The van der Waals surface area contributed by atoms with E-state index in [1.165, 1.54) is 0 Å². The van der Waals surface area contributed by atoms with Crippen LogP contribution in [0.15, 0.2) is 60.7 Å². The fourth-order valence-electron chi connectivity index (χ4n) is 2.22. The summed E-state index contributed by atoms with van der Waals surface area (Å²) in [5.41, 5.74) is 0.626. The molecule has 0 radical (unpaired) electrons. The highest BCUT2D eigenvalue weighted by molar-refractivity contribution is 6.74. The molecule has 2 aromatic carbocycles. The van der Waals surface area contributed by atoms with Crippen LogP contribution in [0.2, 0.25) is 18.1 Å². The molecule has 0 aliphatic carbocycles. The average Bonchev–Trinajstić information content (AvgIpc) is 2.59. The first-order chi connectivity index (χ1) is 12.1. The summed E-state index contributed by atoms with van der Waals surface area (Å²) in [5.74, 6) is -0.154. The van der Waals surface area contributed by atoms with E-state index in [-0.39, 0.29) is 5.04 Å². The van der Waals surface area contributed by atoms with Gasteiger partial charge >= 0.3 is 5.97 Å². The standard InChI is InChI=1S/C21H28O4Si/c1-21(2,3)26(4,5)25-19(18(22)16-12-8-6-9-13-16)20(23)24-17-14-10-7-11-15-17/h6-15,18-19,22H,1-5H3/t18-,19+/m0/s1. The maximum atomic E-state index is 12.8. The maximum absolute atomic E-state index is 12.8. The van der Waals surface area contributed by atoms with E-state index in [4.69, 9.17) is 9.16 Å². The van der Waals surface area contributed by atoms with Gasteiger partial charge in [-0.2, -0.15) is 0 Å². The summed E-state index contributed by atoms with van der Waals surface area (Å²) in [6.07, 6.45) is -2.18. The quantitative estimate of drug-likeness (QED) is 0.453. The third-order valence-electron chi connectivity index (χ3n) is 4.85. The summed E-state index contributed by atoms with van der Waals surface area (Å²) >= 11 is 0. The zero-order valence-electron chi connectivity index (χ0n) is 16.1. The second-order valence-corrected chi connectivity index (χ2v) is 12.6. The van der Waals surface area contributed by atoms with E-state index in [0.717, 1.165) is 0 Å². The zero-order chi connectivity index (χ0) is 19.4. The molecule has 0 saturated heterocycles. The molecule has 2 aromatic rings. The van der Waals surface area contributed by atoms with E-state index in [2.05, 4.69) is 20.8 Å². The average molecular weight is 373 g/mol. The van der Waals surface area contributed by atoms with Gasteiger partial charge in [0.1, 0.15) is 11.9 Å². The van der Waals surface area contributed by atoms with Crippen LogP contribution in [0.5, 0.6) is 5.75 Å². The Morgan fingerprint density at radius 1 is 0.962 bits per heavy atom. The number of benzene rings is 2. The fourth-order valence-corrected chi connectivity index (χ4v) is 3.44. The number of carbonyl (C=O) groups is 1. The first-order valence-corrected chi connectivity index (χ1v) is 11.7. The Balaban J connectivity index is 2.30. The Kier molecular flexibility index (Phi) is 6.39. The molecule has 0 amide bonds. The molecule has 2 rings (SSSR count). The predicted molar refractivity (Wildman–Crippen MR) is 106 cm³/mol. The van der Waals surface area contributed by atoms with E-state index >= 15 is 0 Å². The summed E-state index contributed by atoms with van der Waals surface area (Å²) in [5, 5.41) is 10.8. The van der Waals surface area contributed by atoms with Gasteiger partial charge in [0.2, 0.25) is 0 Å². The van der Waals surface area contributed by atoms with Gasteiger partial charge in [-0.05, 0) is 35.8 Å². The molecule has 140 valence electrons. The third-order valence-corrected chi connectivity index (χ3v) is 9.31. The molecule has 0 aliphatic rings. The van der Waals surface area contributed by atoms with Gasteiger partial charge in [0.25, 0.3) is 0 Å². The van der Waals surface area contributed by atoms with Gasteiger partial charge in [-0.15, -0.1) is 0 Å². The maximum Gasteiger partial charge on any atom is 0.342 e. The molecule has 0 saturated carbocycles. The number of hydrogen-bond acceptors (Lipinski definition) is 4. The molecule has 0 unspecified atom stereocenters. The topological polar surface area (TPSA) is 55.8 Å². The van der Waals surface area contributed by atoms with Crippen molar-refractivity contribution in [3.05, 3.63) is 66.2 Å². The van der Waals surface area contributed by atoms with Crippen molar-refractivity contribution in [2.45, 2.75) is 51.1 Å². The predicted octanol–water partition coefficient (Wildman–Crippen LogP) is 4.72. The van der Waals surface area contributed by atoms with E-state index in [9.17, 15) is 9.90 Å². The minimum absolute atomic E-state index is 0.102. The summed E-state index contributed by atoms with van der Waals surface area (Å²) in [6, 6.07) is 17.9. The number of hydrogen-bond donors (Lipinski definition) is 1. The number of esters is 1. The van der Waals surface area contributed by atoms with Gasteiger partial charge in [-0.3, -0.25) is 0 Å². The molecule has 1 N–H and O–H groups in total. The minimum Gasteiger partial charge on any atom is -0.425 e. The summed E-state index contributed by atoms with van der Waals surface area (Å²) < 4.78 is 11.7. The van der Waals surface area contributed by atoms with E-state index < -0.39 is 26.5 Å². The van der Waals surface area contributed by atoms with Crippen LogP contribution in [-0.4, -0.2) is 25.5 Å². The number of rotatable bonds is 6. The van der Waals surface area contributed by atoms with Crippen LogP contribution < -0.4 is 4.74 Å². The van der Waals surface area contributed by atoms with Crippen LogP contribution >= 0.6 is 0 Å². The molecular formula is C21H28O4Si. The van der Waals surface area contributed by atoms with Gasteiger partial charge in [0.05, 0.1) is 0 Å². The van der Waals surface area contributed by atoms with Crippen molar-refractivity contribution in [3.63, 3.8) is 0 Å². The highest BCUT2D eigenvalue weighted by Gasteiger charge is 2.43. The molecule has 0 aromatic heterocycles. The number of aliphatic hydroxyl groups excluding tert-OH is 1. The number of carbonyl (C=O) groups excluding carboxylic acids is 1. The van der Waals surface area contributed by atoms with Gasteiger partial charge < -0.3 is 14.3 Å². The van der Waals surface area contributed by atoms with Crippen molar-refractivity contribution in [2.24, 2.45) is 0 Å². The minimum atomic E-state index is -2.30. The molecule has 26 heavy (non-hydrogen) atoms. The monoisotopic (exact) mass is 372 g/mol. The highest BCUT2D eigenvalue weighted by Crippen LogP contribution is 2.39. The Labute approximate surface area is 156 Å². The van der Waals surface area contributed by atoms with Crippen molar-refractivity contribution in [2.75, 3.05) is 0 Å². The lowest BCUT2D eigenvalue weighted by atomic mass is 10.0. The van der Waals surface area contributed by atoms with Crippen molar-refractivity contribution in [1.29, 1.82) is 0 Å². The van der Waals surface area contributed by atoms with Crippen molar-refractivity contribution in [3.8, 4) is 5.75 Å². The smallest absolute Gasteiger partial charge is 0.342 e. The molecule has 0 spiro atoms. The van der Waals surface area contributed by atoms with Crippen LogP contribution in [0.25, 0.3) is 0 Å². The van der Waals surface area contributed by atoms with Gasteiger partial charge in [0.15, 0.2) is 14.4 Å². The van der Waals surface area contributed by atoms with Crippen LogP contribution in [0.4, 0.5) is 0 Å². The van der Waals surface area contributed by atoms with Crippen molar-refractivity contribution in [1.82, 2.24) is 0 Å². The summed E-state index contributed by atoms with van der Waals surface area (Å²) in [6.45, 7) is 10.4. The largest absolute Gasteiger partial charge is 0.425 e. The normalized spacial score (nSPS) is 14.5. The molecular weight excluding hydrogens is 344 g/mol. The van der Waals surface area contributed by atoms with Crippen LogP contribution in [0.3, 0.4) is 0 Å². The Hall–Kier alpha value is -1.95. The van der Waals surface area contributed by atoms with E-state index in [1.54, 1.807) is 36.4 Å². The summed E-state index contributed by atoms with van der Waals surface area (Å²) in [4.78, 5) is 12.8. The molecule has 0 aliphatic heterocycles. The van der Waals surface area contributed by atoms with E-state index in [1.807, 2.05) is 37.4 Å². The van der Waals surface area contributed by atoms with Crippen molar-refractivity contribution < 1.29 is 19.1 Å². The van der Waals surface area contributed by atoms with Crippen LogP contribution in [-0.2, 0) is 9.22 Å².